The molecule has 1 aliphatic carbocycles. The van der Waals surface area contributed by atoms with Gasteiger partial charge in [-0.2, -0.15) is 0 Å². The Balaban J connectivity index is 2.06. The number of rotatable bonds is 3. The van der Waals surface area contributed by atoms with E-state index >= 15 is 0 Å². The van der Waals surface area contributed by atoms with E-state index in [4.69, 9.17) is 4.74 Å². The molecule has 60 valence electrons. The van der Waals surface area contributed by atoms with Crippen molar-refractivity contribution < 1.29 is 4.74 Å². The Kier molecular flexibility index (Phi) is 2.72. The van der Waals surface area contributed by atoms with Crippen molar-refractivity contribution in [3.05, 3.63) is 0 Å². The van der Waals surface area contributed by atoms with Gasteiger partial charge >= 0.3 is 0 Å². The second-order valence-corrected chi connectivity index (χ2v) is 3.80. The molecular formula is C9H18O. The van der Waals surface area contributed by atoms with Gasteiger partial charge in [-0.25, -0.2) is 0 Å². The fourth-order valence-corrected chi connectivity index (χ4v) is 1.70. The van der Waals surface area contributed by atoms with Gasteiger partial charge < -0.3 is 4.74 Å². The lowest BCUT2D eigenvalue weighted by atomic mass is 9.70. The maximum Gasteiger partial charge on any atom is 0.0490 e. The average molecular weight is 142 g/mol. The molecule has 10 heavy (non-hydrogen) atoms. The van der Waals surface area contributed by atoms with Gasteiger partial charge in [-0.15, -0.1) is 0 Å². The maximum atomic E-state index is 5.07. The van der Waals surface area contributed by atoms with Gasteiger partial charge in [0.05, 0.1) is 0 Å². The molecule has 0 aromatic heterocycles. The molecule has 1 nitrogen and oxygen atoms in total. The van der Waals surface area contributed by atoms with Gasteiger partial charge in [0.15, 0.2) is 0 Å². The highest BCUT2D eigenvalue weighted by Gasteiger charge is 2.30. The molecular weight excluding hydrogens is 124 g/mol. The Morgan fingerprint density at radius 1 is 1.40 bits per heavy atom. The summed E-state index contributed by atoms with van der Waals surface area (Å²) in [5.41, 5.74) is 0. The van der Waals surface area contributed by atoms with Crippen molar-refractivity contribution >= 4 is 0 Å². The van der Waals surface area contributed by atoms with E-state index in [0.717, 1.165) is 24.4 Å². The van der Waals surface area contributed by atoms with Crippen LogP contribution in [0.15, 0.2) is 0 Å². The lowest BCUT2D eigenvalue weighted by Crippen LogP contribution is -2.30. The molecule has 0 amide bonds. The first-order valence-electron chi connectivity index (χ1n) is 4.23. The first kappa shape index (κ1) is 8.06. The summed E-state index contributed by atoms with van der Waals surface area (Å²) in [6, 6.07) is 0. The molecule has 0 bridgehead atoms. The quantitative estimate of drug-likeness (QED) is 0.587. The van der Waals surface area contributed by atoms with E-state index in [2.05, 4.69) is 13.8 Å². The van der Waals surface area contributed by atoms with Crippen LogP contribution in [0.4, 0.5) is 0 Å². The molecule has 0 heterocycles. The maximum absolute atomic E-state index is 5.07. The molecule has 1 fully saturated rings. The van der Waals surface area contributed by atoms with Crippen molar-refractivity contribution in [1.82, 2.24) is 0 Å². The summed E-state index contributed by atoms with van der Waals surface area (Å²) < 4.78 is 5.07. The lowest BCUT2D eigenvalue weighted by molar-refractivity contribution is 0.0543. The van der Waals surface area contributed by atoms with E-state index < -0.39 is 0 Å². The molecule has 1 heteroatoms. The highest BCUT2D eigenvalue weighted by atomic mass is 16.5. The summed E-state index contributed by atoms with van der Waals surface area (Å²) >= 11 is 0. The second-order valence-electron chi connectivity index (χ2n) is 3.80. The normalized spacial score (nSPS) is 32.4. The van der Waals surface area contributed by atoms with Gasteiger partial charge in [0.1, 0.15) is 0 Å². The molecule has 0 aromatic carbocycles. The fourth-order valence-electron chi connectivity index (χ4n) is 1.70. The number of hydrogen-bond acceptors (Lipinski definition) is 1. The predicted octanol–water partition coefficient (Wildman–Crippen LogP) is 2.32. The Bertz CT molecular complexity index is 92.9. The molecule has 1 saturated carbocycles. The minimum atomic E-state index is 0.873. The monoisotopic (exact) mass is 142 g/mol. The predicted molar refractivity (Wildman–Crippen MR) is 42.9 cm³/mol. The van der Waals surface area contributed by atoms with Crippen LogP contribution in [-0.4, -0.2) is 13.7 Å². The van der Waals surface area contributed by atoms with Crippen LogP contribution in [0.3, 0.4) is 0 Å². The van der Waals surface area contributed by atoms with Gasteiger partial charge in [-0.05, 0) is 30.6 Å². The second kappa shape index (κ2) is 3.38. The van der Waals surface area contributed by atoms with Crippen LogP contribution in [0, 0.1) is 17.8 Å². The van der Waals surface area contributed by atoms with Gasteiger partial charge in [0, 0.05) is 13.7 Å². The summed E-state index contributed by atoms with van der Waals surface area (Å²) in [7, 11) is 1.79. The lowest BCUT2D eigenvalue weighted by Gasteiger charge is -2.37. The van der Waals surface area contributed by atoms with Crippen molar-refractivity contribution in [3.8, 4) is 0 Å². The van der Waals surface area contributed by atoms with E-state index in [1.165, 1.54) is 12.8 Å². The average Bonchev–Trinajstić information content (AvgIpc) is 1.76. The molecule has 0 saturated heterocycles. The Morgan fingerprint density at radius 2 is 2.00 bits per heavy atom. The zero-order chi connectivity index (χ0) is 7.56. The zero-order valence-electron chi connectivity index (χ0n) is 7.26. The Labute approximate surface area is 63.8 Å². The van der Waals surface area contributed by atoms with Crippen LogP contribution in [-0.2, 0) is 4.74 Å². The SMILES string of the molecule is COCC1CC(C(C)C)C1. The third kappa shape index (κ3) is 1.72. The summed E-state index contributed by atoms with van der Waals surface area (Å²) in [5.74, 6) is 2.74. The van der Waals surface area contributed by atoms with Crippen LogP contribution in [0.5, 0.6) is 0 Å². The van der Waals surface area contributed by atoms with E-state index in [1.807, 2.05) is 0 Å². The standard InChI is InChI=1S/C9H18O/c1-7(2)9-4-8(5-9)6-10-3/h7-9H,4-6H2,1-3H3. The van der Waals surface area contributed by atoms with Gasteiger partial charge in [0.2, 0.25) is 0 Å². The molecule has 1 rings (SSSR count). The Morgan fingerprint density at radius 3 is 2.40 bits per heavy atom. The summed E-state index contributed by atoms with van der Waals surface area (Å²) in [6.45, 7) is 5.60. The van der Waals surface area contributed by atoms with Crippen molar-refractivity contribution in [2.75, 3.05) is 13.7 Å². The number of hydrogen-bond donors (Lipinski definition) is 0. The largest absolute Gasteiger partial charge is 0.384 e. The number of methoxy groups -OCH3 is 1. The van der Waals surface area contributed by atoms with E-state index in [1.54, 1.807) is 7.11 Å². The minimum absolute atomic E-state index is 0.873. The summed E-state index contributed by atoms with van der Waals surface area (Å²) in [4.78, 5) is 0. The minimum Gasteiger partial charge on any atom is -0.384 e. The number of ether oxygens (including phenoxy) is 1. The van der Waals surface area contributed by atoms with Crippen molar-refractivity contribution in [1.29, 1.82) is 0 Å². The van der Waals surface area contributed by atoms with Crippen molar-refractivity contribution in [3.63, 3.8) is 0 Å². The van der Waals surface area contributed by atoms with Crippen LogP contribution in [0.1, 0.15) is 26.7 Å². The zero-order valence-corrected chi connectivity index (χ0v) is 7.26. The van der Waals surface area contributed by atoms with Crippen LogP contribution < -0.4 is 0 Å². The topological polar surface area (TPSA) is 9.23 Å². The van der Waals surface area contributed by atoms with E-state index in [9.17, 15) is 0 Å². The van der Waals surface area contributed by atoms with Crippen molar-refractivity contribution in [2.24, 2.45) is 17.8 Å². The molecule has 0 unspecified atom stereocenters. The molecule has 0 radical (unpaired) electrons. The smallest absolute Gasteiger partial charge is 0.0490 e. The van der Waals surface area contributed by atoms with Gasteiger partial charge in [0.25, 0.3) is 0 Å². The van der Waals surface area contributed by atoms with E-state index in [-0.39, 0.29) is 0 Å². The molecule has 1 aliphatic rings. The Hall–Kier alpha value is -0.0400. The molecule has 0 atom stereocenters. The van der Waals surface area contributed by atoms with Gasteiger partial charge in [-0.1, -0.05) is 13.8 Å². The van der Waals surface area contributed by atoms with Crippen LogP contribution in [0.25, 0.3) is 0 Å². The fraction of sp³-hybridized carbons (Fsp3) is 1.00. The third-order valence-corrected chi connectivity index (χ3v) is 2.62. The molecule has 0 aromatic rings. The summed E-state index contributed by atoms with van der Waals surface area (Å²) in [5, 5.41) is 0. The molecule has 0 spiro atoms. The van der Waals surface area contributed by atoms with Crippen LogP contribution >= 0.6 is 0 Å². The third-order valence-electron chi connectivity index (χ3n) is 2.62. The van der Waals surface area contributed by atoms with E-state index in [0.29, 0.717) is 0 Å². The van der Waals surface area contributed by atoms with Crippen molar-refractivity contribution in [2.45, 2.75) is 26.7 Å². The highest BCUT2D eigenvalue weighted by Crippen LogP contribution is 2.38. The summed E-state index contributed by atoms with van der Waals surface area (Å²) in [6.07, 6.45) is 2.79. The van der Waals surface area contributed by atoms with Gasteiger partial charge in [-0.3, -0.25) is 0 Å². The highest BCUT2D eigenvalue weighted by molar-refractivity contribution is 4.80. The molecule has 0 N–H and O–H groups in total. The molecule has 0 aliphatic heterocycles. The van der Waals surface area contributed by atoms with Crippen LogP contribution in [0.2, 0.25) is 0 Å². The first-order valence-corrected chi connectivity index (χ1v) is 4.23. The first-order chi connectivity index (χ1) is 4.74.